The van der Waals surface area contributed by atoms with Crippen molar-refractivity contribution in [1.29, 1.82) is 0 Å². The fourth-order valence-corrected chi connectivity index (χ4v) is 4.32. The van der Waals surface area contributed by atoms with E-state index in [1.54, 1.807) is 0 Å². The van der Waals surface area contributed by atoms with Crippen LogP contribution in [0.25, 0.3) is 0 Å². The zero-order chi connectivity index (χ0) is 20.8. The molecule has 1 aliphatic rings. The van der Waals surface area contributed by atoms with Crippen molar-refractivity contribution in [2.75, 3.05) is 26.2 Å². The van der Waals surface area contributed by atoms with Crippen LogP contribution in [-0.4, -0.2) is 58.1 Å². The lowest BCUT2D eigenvalue weighted by molar-refractivity contribution is -0.152. The van der Waals surface area contributed by atoms with E-state index in [0.29, 0.717) is 6.61 Å². The first-order valence-corrected chi connectivity index (χ1v) is 12.2. The summed E-state index contributed by atoms with van der Waals surface area (Å²) >= 11 is 0. The Hall–Kier alpha value is -0.885. The second-order valence-corrected chi connectivity index (χ2v) is 9.10. The molecule has 0 radical (unpaired) electrons. The molecule has 8 nitrogen and oxygen atoms in total. The number of esters is 2. The first kappa shape index (κ1) is 25.2. The summed E-state index contributed by atoms with van der Waals surface area (Å²) in [5.74, 6) is -1.16. The van der Waals surface area contributed by atoms with Crippen molar-refractivity contribution in [2.24, 2.45) is 0 Å². The molecule has 1 rings (SSSR count). The molecule has 0 bridgehead atoms. The quantitative estimate of drug-likeness (QED) is 0.198. The molecule has 0 spiro atoms. The Morgan fingerprint density at radius 2 is 1.79 bits per heavy atom. The van der Waals surface area contributed by atoms with Crippen LogP contribution in [0.2, 0.25) is 6.32 Å². The van der Waals surface area contributed by atoms with Gasteiger partial charge >= 0.3 is 11.9 Å². The van der Waals surface area contributed by atoms with Gasteiger partial charge in [-0.2, -0.15) is 0 Å². The maximum atomic E-state index is 12.8. The summed E-state index contributed by atoms with van der Waals surface area (Å²) in [5.41, 5.74) is 0. The molecule has 1 N–H and O–H groups in total. The summed E-state index contributed by atoms with van der Waals surface area (Å²) in [6.07, 6.45) is 5.67. The summed E-state index contributed by atoms with van der Waals surface area (Å²) < 4.78 is 34.2. The Kier molecular flexibility index (Phi) is 12.7. The average molecular weight is 419 g/mol. The number of nitrogens with one attached hydrogen (secondary N) is 1. The SMILES string of the molecule is BCC1COP(=O)(N[C@@H](CC(=O)OCCCCC)C(=O)OCCCCC)CO1. The predicted molar refractivity (Wildman–Crippen MR) is 109 cm³/mol. The molecule has 1 aliphatic heterocycles. The summed E-state index contributed by atoms with van der Waals surface area (Å²) in [4.78, 5) is 24.6. The van der Waals surface area contributed by atoms with E-state index >= 15 is 0 Å². The largest absolute Gasteiger partial charge is 0.466 e. The van der Waals surface area contributed by atoms with Crippen LogP contribution in [0.1, 0.15) is 58.8 Å². The summed E-state index contributed by atoms with van der Waals surface area (Å²) in [7, 11) is -1.45. The number of hydrogen-bond donors (Lipinski definition) is 1. The van der Waals surface area contributed by atoms with E-state index in [1.807, 2.05) is 7.85 Å². The Bertz CT molecular complexity index is 508. The third kappa shape index (κ3) is 10.1. The van der Waals surface area contributed by atoms with Gasteiger partial charge in [0.1, 0.15) is 20.2 Å². The smallest absolute Gasteiger partial charge is 0.324 e. The van der Waals surface area contributed by atoms with Gasteiger partial charge in [-0.15, -0.1) is 0 Å². The molecule has 162 valence electrons. The van der Waals surface area contributed by atoms with Crippen LogP contribution in [-0.2, 0) is 32.9 Å². The fraction of sp³-hybridized carbons (Fsp3) is 0.889. The van der Waals surface area contributed by atoms with Crippen molar-refractivity contribution >= 4 is 27.3 Å². The molecule has 1 fully saturated rings. The van der Waals surface area contributed by atoms with Gasteiger partial charge in [0.2, 0.25) is 0 Å². The van der Waals surface area contributed by atoms with Gasteiger partial charge in [-0.05, 0) is 12.8 Å². The minimum Gasteiger partial charge on any atom is -0.466 e. The van der Waals surface area contributed by atoms with Crippen LogP contribution in [0.15, 0.2) is 0 Å². The molecular weight excluding hydrogens is 384 g/mol. The van der Waals surface area contributed by atoms with Crippen molar-refractivity contribution in [2.45, 2.75) is 77.3 Å². The van der Waals surface area contributed by atoms with Crippen molar-refractivity contribution < 1.29 is 32.9 Å². The highest BCUT2D eigenvalue weighted by molar-refractivity contribution is 7.56. The van der Waals surface area contributed by atoms with Gasteiger partial charge in [0.15, 0.2) is 0 Å². The summed E-state index contributed by atoms with van der Waals surface area (Å²) in [6, 6.07) is -1.09. The molecular formula is C18H35BNO7P. The maximum absolute atomic E-state index is 12.8. The predicted octanol–water partition coefficient (Wildman–Crippen LogP) is 2.42. The third-order valence-electron chi connectivity index (χ3n) is 4.42. The maximum Gasteiger partial charge on any atom is 0.324 e. The van der Waals surface area contributed by atoms with E-state index in [2.05, 4.69) is 18.9 Å². The van der Waals surface area contributed by atoms with Gasteiger partial charge in [-0.25, -0.2) is 5.09 Å². The van der Waals surface area contributed by atoms with Gasteiger partial charge < -0.3 is 18.7 Å². The van der Waals surface area contributed by atoms with Crippen LogP contribution in [0.4, 0.5) is 0 Å². The Labute approximate surface area is 169 Å². The monoisotopic (exact) mass is 419 g/mol. The van der Waals surface area contributed by atoms with Crippen LogP contribution in [0, 0.1) is 0 Å². The molecule has 0 aromatic rings. The lowest BCUT2D eigenvalue weighted by atomic mass is 10.0. The van der Waals surface area contributed by atoms with Crippen molar-refractivity contribution in [3.63, 3.8) is 0 Å². The first-order chi connectivity index (χ1) is 13.4. The topological polar surface area (TPSA) is 100 Å². The number of carbonyl (C=O) groups is 2. The highest BCUT2D eigenvalue weighted by Gasteiger charge is 2.37. The van der Waals surface area contributed by atoms with Crippen molar-refractivity contribution in [1.82, 2.24) is 5.09 Å². The zero-order valence-electron chi connectivity index (χ0n) is 17.4. The second-order valence-electron chi connectivity index (χ2n) is 6.98. The van der Waals surface area contributed by atoms with E-state index < -0.39 is 25.5 Å². The van der Waals surface area contributed by atoms with E-state index in [9.17, 15) is 14.2 Å². The zero-order valence-corrected chi connectivity index (χ0v) is 18.3. The van der Waals surface area contributed by atoms with Gasteiger partial charge in [0.05, 0.1) is 32.3 Å². The average Bonchev–Trinajstić information content (AvgIpc) is 2.68. The van der Waals surface area contributed by atoms with E-state index in [4.69, 9.17) is 18.7 Å². The van der Waals surface area contributed by atoms with Gasteiger partial charge in [-0.1, -0.05) is 45.9 Å². The fourth-order valence-electron chi connectivity index (χ4n) is 2.61. The number of unbranched alkanes of at least 4 members (excludes halogenated alkanes) is 4. The molecule has 1 saturated heterocycles. The summed E-state index contributed by atoms with van der Waals surface area (Å²) in [6.45, 7) is 4.86. The molecule has 0 aromatic carbocycles. The van der Waals surface area contributed by atoms with Gasteiger partial charge in [0.25, 0.3) is 7.52 Å². The van der Waals surface area contributed by atoms with Crippen LogP contribution >= 0.6 is 7.52 Å². The minimum atomic E-state index is -3.39. The second kappa shape index (κ2) is 14.2. The highest BCUT2D eigenvalue weighted by Crippen LogP contribution is 2.46. The molecule has 3 atom stereocenters. The van der Waals surface area contributed by atoms with Gasteiger partial charge in [0, 0.05) is 0 Å². The number of rotatable bonds is 14. The van der Waals surface area contributed by atoms with E-state index in [0.717, 1.165) is 44.8 Å². The standard InChI is InChI=1S/C18H35BNO7P/c1-3-5-7-9-24-17(21)11-16(18(22)25-10-8-6-4-2)20-28(23)14-26-15(12-19)13-27-28/h15-16H,3-14,19H2,1-2H3,(H,20,23)/t15?,16-,28?/m0/s1. The molecule has 0 saturated carbocycles. The number of carbonyl (C=O) groups excluding carboxylic acids is 2. The Balaban J connectivity index is 2.62. The van der Waals surface area contributed by atoms with Crippen LogP contribution in [0.5, 0.6) is 0 Å². The van der Waals surface area contributed by atoms with Gasteiger partial charge in [-0.3, -0.25) is 14.2 Å². The van der Waals surface area contributed by atoms with Crippen molar-refractivity contribution in [3.05, 3.63) is 0 Å². The first-order valence-electron chi connectivity index (χ1n) is 10.4. The highest BCUT2D eigenvalue weighted by atomic mass is 31.2. The molecule has 10 heteroatoms. The number of hydrogen-bond acceptors (Lipinski definition) is 7. The van der Waals surface area contributed by atoms with E-state index in [-0.39, 0.29) is 32.1 Å². The molecule has 2 unspecified atom stereocenters. The van der Waals surface area contributed by atoms with E-state index in [1.165, 1.54) is 0 Å². The Morgan fingerprint density at radius 3 is 2.32 bits per heavy atom. The lowest BCUT2D eigenvalue weighted by Gasteiger charge is -2.31. The molecule has 0 amide bonds. The molecule has 28 heavy (non-hydrogen) atoms. The van der Waals surface area contributed by atoms with Crippen LogP contribution < -0.4 is 5.09 Å². The Morgan fingerprint density at radius 1 is 1.14 bits per heavy atom. The number of ether oxygens (including phenoxy) is 3. The minimum absolute atomic E-state index is 0.119. The van der Waals surface area contributed by atoms with Crippen LogP contribution in [0.3, 0.4) is 0 Å². The molecule has 0 aliphatic carbocycles. The van der Waals surface area contributed by atoms with Crippen molar-refractivity contribution in [3.8, 4) is 0 Å². The third-order valence-corrected chi connectivity index (χ3v) is 6.18. The lowest BCUT2D eigenvalue weighted by Crippen LogP contribution is -2.41. The normalized spacial score (nSPS) is 23.1. The molecule has 0 aromatic heterocycles. The molecule has 1 heterocycles. The summed E-state index contributed by atoms with van der Waals surface area (Å²) in [5, 5.41) is 2.68.